The molecule has 0 heterocycles. The number of hydrogen-bond acceptors (Lipinski definition) is 4. The fourth-order valence-electron chi connectivity index (χ4n) is 3.30. The van der Waals surface area contributed by atoms with Crippen molar-refractivity contribution in [3.63, 3.8) is 0 Å². The topological polar surface area (TPSA) is 36.9 Å². The normalized spacial score (nSPS) is 10.2. The van der Waals surface area contributed by atoms with Crippen LogP contribution >= 0.6 is 11.6 Å². The van der Waals surface area contributed by atoms with E-state index in [1.807, 2.05) is 27.7 Å². The van der Waals surface area contributed by atoms with Gasteiger partial charge >= 0.3 is 23.1 Å². The summed E-state index contributed by atoms with van der Waals surface area (Å²) in [5.41, 5.74) is 0. The minimum absolute atomic E-state index is 0. The molecular weight excluding hydrogens is 484 g/mol. The first-order valence-electron chi connectivity index (χ1n) is 13.0. The Labute approximate surface area is 241 Å². The van der Waals surface area contributed by atoms with Crippen LogP contribution in [0.1, 0.15) is 125 Å². The van der Waals surface area contributed by atoms with Crippen molar-refractivity contribution in [2.24, 2.45) is 0 Å². The molecule has 0 aliphatic carbocycles. The summed E-state index contributed by atoms with van der Waals surface area (Å²) in [6, 6.07) is 0. The van der Waals surface area contributed by atoms with Gasteiger partial charge in [-0.25, -0.2) is 0 Å². The summed E-state index contributed by atoms with van der Waals surface area (Å²) in [5.74, 6) is 0.802. The summed E-state index contributed by atoms with van der Waals surface area (Å²) in [6.45, 7) is 14.9. The summed E-state index contributed by atoms with van der Waals surface area (Å²) in [6.07, 6.45) is 17.1. The molecule has 0 rings (SSSR count). The average molecular weight is 542 g/mol. The first-order valence-corrected chi connectivity index (χ1v) is 13.5. The SMILES string of the molecule is C.CCOC(CCCCCCCCCl)OCC.[CH2-]CCCCCCCC(OCC)OCC.[Cl-].[Mg+2]. The second-order valence-electron chi connectivity index (χ2n) is 7.69. The summed E-state index contributed by atoms with van der Waals surface area (Å²) in [4.78, 5) is 0. The molecule has 0 saturated carbocycles. The number of ether oxygens (including phenoxy) is 4. The van der Waals surface area contributed by atoms with Gasteiger partial charge in [-0.05, 0) is 59.8 Å². The second kappa shape index (κ2) is 41.3. The largest absolute Gasteiger partial charge is 2.00 e. The second-order valence-corrected chi connectivity index (χ2v) is 8.07. The van der Waals surface area contributed by atoms with Crippen molar-refractivity contribution in [2.75, 3.05) is 32.3 Å². The van der Waals surface area contributed by atoms with E-state index in [1.54, 1.807) is 0 Å². The van der Waals surface area contributed by atoms with E-state index in [1.165, 1.54) is 64.2 Å². The van der Waals surface area contributed by atoms with Crippen LogP contribution in [0.15, 0.2) is 0 Å². The molecule has 0 N–H and O–H groups in total. The molecule has 0 bridgehead atoms. The van der Waals surface area contributed by atoms with E-state index in [0.717, 1.165) is 58.0 Å². The van der Waals surface area contributed by atoms with Gasteiger partial charge in [0.05, 0.1) is 0 Å². The Morgan fingerprint density at radius 3 is 1.15 bits per heavy atom. The van der Waals surface area contributed by atoms with Gasteiger partial charge in [0, 0.05) is 32.3 Å². The first-order chi connectivity index (χ1) is 15.2. The standard InChI is InChI=1S/C13H27ClO2.C13H27O2.CH4.ClH.Mg/c1-3-15-13(16-4-2)11-9-7-5-6-8-10-12-14;1-4-7-8-9-10-11-12-13(14-5-2)15-6-3;;;/h13H,3-12H2,1-2H3;13H,1,4-12H2,2-3H3;1H4;1H;/q;-1;;;+2/p-1. The predicted octanol–water partition coefficient (Wildman–Crippen LogP) is 5.56. The summed E-state index contributed by atoms with van der Waals surface area (Å²) >= 11 is 5.62. The molecule has 206 valence electrons. The molecule has 0 aliphatic heterocycles. The van der Waals surface area contributed by atoms with E-state index >= 15 is 0 Å². The molecule has 0 atom stereocenters. The van der Waals surface area contributed by atoms with Crippen molar-refractivity contribution in [1.82, 2.24) is 0 Å². The van der Waals surface area contributed by atoms with Gasteiger partial charge in [0.2, 0.25) is 0 Å². The molecule has 0 radical (unpaired) electrons. The zero-order valence-electron chi connectivity index (χ0n) is 22.4. The summed E-state index contributed by atoms with van der Waals surface area (Å²) in [5, 5.41) is 0. The number of unbranched alkanes of at least 4 members (excludes halogenated alkanes) is 10. The molecule has 0 aromatic rings. The third-order valence-corrected chi connectivity index (χ3v) is 5.19. The summed E-state index contributed by atoms with van der Waals surface area (Å²) in [7, 11) is 0. The maximum absolute atomic E-state index is 5.62. The molecule has 4 nitrogen and oxygen atoms in total. The van der Waals surface area contributed by atoms with Crippen LogP contribution in [0.4, 0.5) is 0 Å². The van der Waals surface area contributed by atoms with Crippen molar-refractivity contribution < 1.29 is 31.4 Å². The van der Waals surface area contributed by atoms with Crippen LogP contribution < -0.4 is 12.4 Å². The molecule has 0 spiro atoms. The molecule has 0 unspecified atom stereocenters. The van der Waals surface area contributed by atoms with E-state index in [2.05, 4.69) is 6.92 Å². The maximum Gasteiger partial charge on any atom is 2.00 e. The van der Waals surface area contributed by atoms with Crippen LogP contribution in [0.5, 0.6) is 0 Å². The molecule has 0 aromatic heterocycles. The monoisotopic (exact) mass is 540 g/mol. The minimum Gasteiger partial charge on any atom is -1.00 e. The van der Waals surface area contributed by atoms with Crippen molar-refractivity contribution >= 4 is 34.7 Å². The van der Waals surface area contributed by atoms with Crippen LogP contribution in [0, 0.1) is 6.92 Å². The third-order valence-electron chi connectivity index (χ3n) is 4.92. The van der Waals surface area contributed by atoms with E-state index in [4.69, 9.17) is 30.5 Å². The van der Waals surface area contributed by atoms with Crippen molar-refractivity contribution in [1.29, 1.82) is 0 Å². The number of hydrogen-bond donors (Lipinski definition) is 0. The van der Waals surface area contributed by atoms with Gasteiger partial charge in [0.15, 0.2) is 12.6 Å². The molecule has 0 fully saturated rings. The van der Waals surface area contributed by atoms with Crippen LogP contribution in [0.25, 0.3) is 0 Å². The van der Waals surface area contributed by atoms with Gasteiger partial charge in [-0.1, -0.05) is 58.8 Å². The molecule has 0 amide bonds. The molecule has 34 heavy (non-hydrogen) atoms. The summed E-state index contributed by atoms with van der Waals surface area (Å²) < 4.78 is 21.9. The quantitative estimate of drug-likeness (QED) is 0.0558. The predicted molar refractivity (Wildman–Crippen MR) is 147 cm³/mol. The third kappa shape index (κ3) is 37.7. The van der Waals surface area contributed by atoms with Gasteiger partial charge < -0.3 is 38.3 Å². The van der Waals surface area contributed by atoms with Crippen molar-refractivity contribution in [3.8, 4) is 0 Å². The van der Waals surface area contributed by atoms with Crippen molar-refractivity contribution in [3.05, 3.63) is 6.92 Å². The number of halogens is 2. The Bertz CT molecular complexity index is 304. The maximum atomic E-state index is 5.62. The zero-order chi connectivity index (χ0) is 23.4. The number of rotatable bonds is 23. The Hall–Kier alpha value is 1.19. The van der Waals surface area contributed by atoms with Crippen molar-refractivity contribution in [2.45, 2.75) is 138 Å². The average Bonchev–Trinajstić information content (AvgIpc) is 2.76. The minimum atomic E-state index is 0. The van der Waals surface area contributed by atoms with E-state index < -0.39 is 0 Å². The van der Waals surface area contributed by atoms with Crippen LogP contribution in [0.3, 0.4) is 0 Å². The number of alkyl halides is 1. The fraction of sp³-hybridized carbons (Fsp3) is 0.963. The zero-order valence-corrected chi connectivity index (χ0v) is 25.3. The van der Waals surface area contributed by atoms with Gasteiger partial charge in [-0.3, -0.25) is 0 Å². The Morgan fingerprint density at radius 2 is 0.853 bits per heavy atom. The van der Waals surface area contributed by atoms with Crippen LogP contribution in [-0.2, 0) is 18.9 Å². The van der Waals surface area contributed by atoms with Gasteiger partial charge in [0.1, 0.15) is 0 Å². The molecule has 0 aliphatic rings. The molecule has 0 aromatic carbocycles. The first kappa shape index (κ1) is 45.1. The molecule has 7 heteroatoms. The van der Waals surface area contributed by atoms with Gasteiger partial charge in [0.25, 0.3) is 0 Å². The van der Waals surface area contributed by atoms with Crippen LogP contribution in [0.2, 0.25) is 0 Å². The van der Waals surface area contributed by atoms with E-state index in [0.29, 0.717) is 0 Å². The van der Waals surface area contributed by atoms with Gasteiger partial charge in [-0.15, -0.1) is 11.6 Å². The van der Waals surface area contributed by atoms with E-state index in [9.17, 15) is 0 Å². The molecule has 0 saturated heterocycles. The van der Waals surface area contributed by atoms with Gasteiger partial charge in [-0.2, -0.15) is 6.42 Å². The Balaban J connectivity index is -0.000000152. The Kier molecular flexibility index (Phi) is 54.8. The smallest absolute Gasteiger partial charge is 1.00 e. The molecular formula is C27H58Cl2MgO4. The van der Waals surface area contributed by atoms with E-state index in [-0.39, 0.29) is 55.5 Å². The fourth-order valence-corrected chi connectivity index (χ4v) is 3.49. The van der Waals surface area contributed by atoms with Crippen LogP contribution in [-0.4, -0.2) is 67.9 Å². The Morgan fingerprint density at radius 1 is 0.559 bits per heavy atom.